The zero-order valence-corrected chi connectivity index (χ0v) is 12.3. The van der Waals surface area contributed by atoms with E-state index in [0.29, 0.717) is 11.7 Å². The maximum atomic E-state index is 12.1. The van der Waals surface area contributed by atoms with Crippen LogP contribution in [0.3, 0.4) is 0 Å². The second-order valence-corrected chi connectivity index (χ2v) is 8.02. The highest BCUT2D eigenvalue weighted by Gasteiger charge is 2.53. The summed E-state index contributed by atoms with van der Waals surface area (Å²) in [6, 6.07) is 0. The molecule has 0 unspecified atom stereocenters. The lowest BCUT2D eigenvalue weighted by atomic mass is 9.51. The molecule has 0 bridgehead atoms. The molecule has 0 saturated heterocycles. The first-order chi connectivity index (χ1) is 9.25. The van der Waals surface area contributed by atoms with Gasteiger partial charge in [-0.1, -0.05) is 26.2 Å². The van der Waals surface area contributed by atoms with Gasteiger partial charge in [-0.25, -0.2) is 0 Å². The van der Waals surface area contributed by atoms with Gasteiger partial charge < -0.3 is 0 Å². The smallest absolute Gasteiger partial charge is 0.136 e. The van der Waals surface area contributed by atoms with E-state index < -0.39 is 0 Å². The molecule has 4 saturated carbocycles. The lowest BCUT2D eigenvalue weighted by Gasteiger charge is -2.54. The number of rotatable bonds is 0. The van der Waals surface area contributed by atoms with Gasteiger partial charge in [-0.3, -0.25) is 4.79 Å². The average molecular weight is 260 g/mol. The van der Waals surface area contributed by atoms with Crippen molar-refractivity contribution in [2.24, 2.45) is 41.4 Å². The Morgan fingerprint density at radius 1 is 0.895 bits per heavy atom. The van der Waals surface area contributed by atoms with Crippen LogP contribution < -0.4 is 0 Å². The third-order valence-electron chi connectivity index (χ3n) is 7.31. The molecule has 0 spiro atoms. The van der Waals surface area contributed by atoms with Crippen molar-refractivity contribution in [3.63, 3.8) is 0 Å². The second kappa shape index (κ2) is 4.60. The number of carbonyl (C=O) groups is 1. The Morgan fingerprint density at radius 3 is 2.63 bits per heavy atom. The fourth-order valence-corrected chi connectivity index (χ4v) is 6.67. The highest BCUT2D eigenvalue weighted by atomic mass is 16.1. The predicted molar refractivity (Wildman–Crippen MR) is 76.7 cm³/mol. The van der Waals surface area contributed by atoms with E-state index in [2.05, 4.69) is 6.92 Å². The van der Waals surface area contributed by atoms with E-state index in [-0.39, 0.29) is 0 Å². The Balaban J connectivity index is 1.62. The standard InChI is InChI=1S/C18H28O/c1-11-10-16-14(8-9-17(16)19)15-7-6-12-4-2-3-5-13(12)18(11)15/h11-16,18H,2-10H2,1H3/t11-,12+,13-,14-,15-,16-,18+/m0/s1. The molecule has 4 aliphatic rings. The minimum Gasteiger partial charge on any atom is -0.299 e. The fraction of sp³-hybridized carbons (Fsp3) is 0.944. The largest absolute Gasteiger partial charge is 0.299 e. The number of Topliss-reactive ketones (excluding diaryl/α,β-unsaturated/α-hetero) is 1. The third kappa shape index (κ3) is 1.83. The van der Waals surface area contributed by atoms with E-state index in [0.717, 1.165) is 41.9 Å². The van der Waals surface area contributed by atoms with Crippen molar-refractivity contribution < 1.29 is 4.79 Å². The molecule has 4 aliphatic carbocycles. The summed E-state index contributed by atoms with van der Waals surface area (Å²) in [6.07, 6.45) is 12.3. The van der Waals surface area contributed by atoms with Crippen molar-refractivity contribution in [1.29, 1.82) is 0 Å². The molecule has 4 fully saturated rings. The molecule has 0 radical (unpaired) electrons. The van der Waals surface area contributed by atoms with E-state index in [1.807, 2.05) is 0 Å². The summed E-state index contributed by atoms with van der Waals surface area (Å²) in [6.45, 7) is 2.47. The Labute approximate surface area is 117 Å². The molecule has 0 aromatic carbocycles. The minimum atomic E-state index is 0.469. The van der Waals surface area contributed by atoms with Crippen LogP contribution in [-0.2, 0) is 4.79 Å². The molecule has 1 nitrogen and oxygen atoms in total. The van der Waals surface area contributed by atoms with Crippen molar-refractivity contribution in [2.45, 2.75) is 64.7 Å². The maximum absolute atomic E-state index is 12.1. The van der Waals surface area contributed by atoms with Crippen LogP contribution >= 0.6 is 0 Å². The van der Waals surface area contributed by atoms with Crippen LogP contribution in [-0.4, -0.2) is 5.78 Å². The molecule has 1 heteroatoms. The first-order valence-electron chi connectivity index (χ1n) is 8.78. The first-order valence-corrected chi connectivity index (χ1v) is 8.78. The topological polar surface area (TPSA) is 17.1 Å². The zero-order valence-electron chi connectivity index (χ0n) is 12.3. The maximum Gasteiger partial charge on any atom is 0.136 e. The van der Waals surface area contributed by atoms with Gasteiger partial charge in [-0.2, -0.15) is 0 Å². The molecule has 0 heterocycles. The van der Waals surface area contributed by atoms with Crippen LogP contribution in [0.2, 0.25) is 0 Å². The second-order valence-electron chi connectivity index (χ2n) is 8.02. The van der Waals surface area contributed by atoms with E-state index in [1.54, 1.807) is 0 Å². The van der Waals surface area contributed by atoms with Crippen LogP contribution in [0, 0.1) is 41.4 Å². The van der Waals surface area contributed by atoms with Gasteiger partial charge in [0.25, 0.3) is 0 Å². The van der Waals surface area contributed by atoms with Gasteiger partial charge in [0.05, 0.1) is 0 Å². The molecule has 7 atom stereocenters. The summed E-state index contributed by atoms with van der Waals surface area (Å²) in [5, 5.41) is 0. The molecular formula is C18H28O. The molecule has 19 heavy (non-hydrogen) atoms. The van der Waals surface area contributed by atoms with Crippen molar-refractivity contribution in [3.05, 3.63) is 0 Å². The Morgan fingerprint density at radius 2 is 1.74 bits per heavy atom. The molecule has 0 N–H and O–H groups in total. The van der Waals surface area contributed by atoms with Gasteiger partial charge in [0.15, 0.2) is 0 Å². The summed E-state index contributed by atoms with van der Waals surface area (Å²) >= 11 is 0. The zero-order chi connectivity index (χ0) is 13.0. The lowest BCUT2D eigenvalue weighted by Crippen LogP contribution is -2.47. The van der Waals surface area contributed by atoms with Crippen LogP contribution in [0.1, 0.15) is 64.7 Å². The van der Waals surface area contributed by atoms with Crippen LogP contribution in [0.4, 0.5) is 0 Å². The van der Waals surface area contributed by atoms with E-state index in [1.165, 1.54) is 51.4 Å². The van der Waals surface area contributed by atoms with Gasteiger partial charge >= 0.3 is 0 Å². The van der Waals surface area contributed by atoms with E-state index >= 15 is 0 Å². The van der Waals surface area contributed by atoms with E-state index in [9.17, 15) is 4.79 Å². The van der Waals surface area contributed by atoms with Crippen molar-refractivity contribution in [1.82, 2.24) is 0 Å². The first kappa shape index (κ1) is 12.4. The predicted octanol–water partition coefficient (Wildman–Crippen LogP) is 4.45. The summed E-state index contributed by atoms with van der Waals surface area (Å²) in [7, 11) is 0. The molecule has 106 valence electrons. The number of hydrogen-bond acceptors (Lipinski definition) is 1. The lowest BCUT2D eigenvalue weighted by molar-refractivity contribution is -0.126. The Bertz CT molecular complexity index is 374. The number of fused-ring (bicyclic) bond motifs is 5. The van der Waals surface area contributed by atoms with Crippen LogP contribution in [0.25, 0.3) is 0 Å². The van der Waals surface area contributed by atoms with Crippen molar-refractivity contribution in [3.8, 4) is 0 Å². The molecule has 0 aromatic rings. The summed E-state index contributed by atoms with van der Waals surface area (Å²) in [5.41, 5.74) is 0. The van der Waals surface area contributed by atoms with Crippen LogP contribution in [0.5, 0.6) is 0 Å². The molecule has 4 rings (SSSR count). The minimum absolute atomic E-state index is 0.469. The SMILES string of the molecule is C[C@H]1C[C@@H]2C(=O)CC[C@H]2[C@@H]2CC[C@H]3CCCC[C@@H]3[C@H]21. The van der Waals surface area contributed by atoms with Gasteiger partial charge in [-0.05, 0) is 67.6 Å². The van der Waals surface area contributed by atoms with Gasteiger partial charge in [0, 0.05) is 12.3 Å². The van der Waals surface area contributed by atoms with Gasteiger partial charge in [0.1, 0.15) is 5.78 Å². The average Bonchev–Trinajstić information content (AvgIpc) is 2.80. The van der Waals surface area contributed by atoms with Crippen molar-refractivity contribution in [2.75, 3.05) is 0 Å². The number of ketones is 1. The summed E-state index contributed by atoms with van der Waals surface area (Å²) < 4.78 is 0. The third-order valence-corrected chi connectivity index (χ3v) is 7.31. The summed E-state index contributed by atoms with van der Waals surface area (Å²) in [4.78, 5) is 12.1. The number of carbonyl (C=O) groups excluding carboxylic acids is 1. The number of hydrogen-bond donors (Lipinski definition) is 0. The van der Waals surface area contributed by atoms with Gasteiger partial charge in [0.2, 0.25) is 0 Å². The summed E-state index contributed by atoms with van der Waals surface area (Å²) in [5.74, 6) is 6.66. The molecular weight excluding hydrogens is 232 g/mol. The normalized spacial score (nSPS) is 53.3. The molecule has 0 amide bonds. The van der Waals surface area contributed by atoms with Crippen LogP contribution in [0.15, 0.2) is 0 Å². The van der Waals surface area contributed by atoms with E-state index in [4.69, 9.17) is 0 Å². The van der Waals surface area contributed by atoms with Gasteiger partial charge in [-0.15, -0.1) is 0 Å². The van der Waals surface area contributed by atoms with Crippen molar-refractivity contribution >= 4 is 5.78 Å². The highest BCUT2D eigenvalue weighted by Crippen LogP contribution is 2.58. The Hall–Kier alpha value is -0.330. The molecule has 0 aliphatic heterocycles. The molecule has 0 aromatic heterocycles. The Kier molecular flexibility index (Phi) is 3.01. The highest BCUT2D eigenvalue weighted by molar-refractivity contribution is 5.83. The fourth-order valence-electron chi connectivity index (χ4n) is 6.67. The monoisotopic (exact) mass is 260 g/mol. The quantitative estimate of drug-likeness (QED) is 0.628.